The summed E-state index contributed by atoms with van der Waals surface area (Å²) in [5, 5.41) is 3.29. The number of ether oxygens (including phenoxy) is 1. The zero-order valence-electron chi connectivity index (χ0n) is 26.3. The van der Waals surface area contributed by atoms with Crippen LogP contribution in [-0.4, -0.2) is 67.1 Å². The second-order valence-corrected chi connectivity index (χ2v) is 12.0. The van der Waals surface area contributed by atoms with Gasteiger partial charge in [0.2, 0.25) is 0 Å². The number of nitrogens with zero attached hydrogens (tertiary/aromatic N) is 3. The Morgan fingerprint density at radius 3 is 1.91 bits per heavy atom. The van der Waals surface area contributed by atoms with Gasteiger partial charge in [-0.15, -0.1) is 0 Å². The Hall–Kier alpha value is -4.26. The lowest BCUT2D eigenvalue weighted by Gasteiger charge is -2.42. The van der Waals surface area contributed by atoms with E-state index in [2.05, 4.69) is 83.8 Å². The van der Waals surface area contributed by atoms with Crippen LogP contribution in [0, 0.1) is 0 Å². The molecule has 0 aliphatic carbocycles. The summed E-state index contributed by atoms with van der Waals surface area (Å²) in [5.41, 5.74) is 4.31. The molecule has 4 aromatic rings. The monoisotopic (exact) mass is 603 g/mol. The highest BCUT2D eigenvalue weighted by Gasteiger charge is 2.37. The third kappa shape index (κ3) is 8.47. The van der Waals surface area contributed by atoms with Crippen LogP contribution in [0.2, 0.25) is 0 Å². The average Bonchev–Trinajstić information content (AvgIpc) is 3.11. The molecule has 0 radical (unpaired) electrons. The summed E-state index contributed by atoms with van der Waals surface area (Å²) in [6, 6.07) is 41.6. The molecule has 0 aromatic heterocycles. The largest absolute Gasteiger partial charge is 0.444 e. The molecule has 1 aliphatic rings. The Kier molecular flexibility index (Phi) is 11.5. The van der Waals surface area contributed by atoms with Gasteiger partial charge in [-0.05, 0) is 73.5 Å². The predicted molar refractivity (Wildman–Crippen MR) is 180 cm³/mol. The molecule has 0 saturated carbocycles. The smallest absolute Gasteiger partial charge is 0.425 e. The number of likely N-dealkylation sites (tertiary alicyclic amines) is 1. The van der Waals surface area contributed by atoms with Gasteiger partial charge in [0.05, 0.1) is 6.54 Å². The first-order chi connectivity index (χ1) is 22.1. The van der Waals surface area contributed by atoms with E-state index in [-0.39, 0.29) is 13.2 Å². The summed E-state index contributed by atoms with van der Waals surface area (Å²) >= 11 is 0. The fourth-order valence-electron chi connectivity index (χ4n) is 6.74. The number of piperidine rings is 1. The molecule has 0 atom stereocenters. The average molecular weight is 604 g/mol. The molecule has 1 heterocycles. The fourth-order valence-corrected chi connectivity index (χ4v) is 6.74. The molecule has 0 unspecified atom stereocenters. The Labute approximate surface area is 268 Å². The zero-order chi connectivity index (χ0) is 31.3. The maximum absolute atomic E-state index is 13.4. The van der Waals surface area contributed by atoms with E-state index in [4.69, 9.17) is 4.74 Å². The lowest BCUT2D eigenvalue weighted by molar-refractivity contribution is -0.112. The summed E-state index contributed by atoms with van der Waals surface area (Å²) in [5.74, 6) is 0.634. The van der Waals surface area contributed by atoms with Crippen molar-refractivity contribution < 1.29 is 14.3 Å². The van der Waals surface area contributed by atoms with Gasteiger partial charge in [-0.1, -0.05) is 121 Å². The van der Waals surface area contributed by atoms with Gasteiger partial charge in [-0.25, -0.2) is 14.8 Å². The Balaban J connectivity index is 1.33. The number of benzene rings is 4. The number of rotatable bonds is 14. The maximum atomic E-state index is 13.4. The van der Waals surface area contributed by atoms with E-state index in [0.717, 1.165) is 44.3 Å². The number of amides is 1. The lowest BCUT2D eigenvalue weighted by atomic mass is 9.71. The van der Waals surface area contributed by atoms with E-state index < -0.39 is 11.5 Å². The second kappa shape index (κ2) is 16.2. The van der Waals surface area contributed by atoms with Crippen LogP contribution in [-0.2, 0) is 21.6 Å². The third-order valence-corrected chi connectivity index (χ3v) is 9.16. The number of carbonyl (C=O) groups excluding carboxylic acids is 2. The Bertz CT molecular complexity index is 1400. The minimum atomic E-state index is -0.537. The topological polar surface area (TPSA) is 53.1 Å². The number of likely N-dealkylation sites (N-methyl/N-ethyl adjacent to an activating group) is 1. The number of hydrogen-bond donors (Lipinski definition) is 0. The number of carbonyl (C=O) groups is 2. The van der Waals surface area contributed by atoms with Crippen molar-refractivity contribution in [3.63, 3.8) is 0 Å². The number of hydrazine groups is 1. The molecule has 1 saturated heterocycles. The van der Waals surface area contributed by atoms with E-state index in [0.29, 0.717) is 12.5 Å². The lowest BCUT2D eigenvalue weighted by Crippen LogP contribution is -2.51. The van der Waals surface area contributed by atoms with Crippen molar-refractivity contribution in [2.45, 2.75) is 43.6 Å². The molecule has 45 heavy (non-hydrogen) atoms. The predicted octanol–water partition coefficient (Wildman–Crippen LogP) is 7.32. The van der Waals surface area contributed by atoms with Crippen molar-refractivity contribution in [2.75, 3.05) is 39.8 Å². The standard InChI is InChI=1S/C39H45N3O3/c1-40(42(29-30-43)38(44)45-31-33-15-6-2-7-16-33)32-39(36-19-10-4-11-20-36,37-21-12-5-13-22-37)25-14-26-41-27-23-35(24-28-41)34-17-8-3-9-18-34/h2-13,15-22,30,35H,14,23-29,31-32H2,1H3. The molecular weight excluding hydrogens is 558 g/mol. The molecule has 1 fully saturated rings. The summed E-state index contributed by atoms with van der Waals surface area (Å²) in [6.07, 6.45) is 4.47. The van der Waals surface area contributed by atoms with Crippen molar-refractivity contribution in [1.82, 2.24) is 14.9 Å². The molecule has 5 rings (SSSR count). The van der Waals surface area contributed by atoms with E-state index in [1.165, 1.54) is 34.5 Å². The molecule has 234 valence electrons. The summed E-state index contributed by atoms with van der Waals surface area (Å²) in [6.45, 7) is 3.79. The van der Waals surface area contributed by atoms with E-state index in [9.17, 15) is 9.59 Å². The Morgan fingerprint density at radius 2 is 1.36 bits per heavy atom. The molecule has 1 aliphatic heterocycles. The molecular formula is C39H45N3O3. The van der Waals surface area contributed by atoms with Crippen molar-refractivity contribution in [2.24, 2.45) is 0 Å². The van der Waals surface area contributed by atoms with Gasteiger partial charge >= 0.3 is 6.09 Å². The molecule has 0 spiro atoms. The maximum Gasteiger partial charge on any atom is 0.425 e. The number of aldehydes is 1. The molecule has 1 amide bonds. The van der Waals surface area contributed by atoms with Crippen LogP contribution in [0.4, 0.5) is 4.79 Å². The van der Waals surface area contributed by atoms with Gasteiger partial charge in [0.15, 0.2) is 0 Å². The van der Waals surface area contributed by atoms with Crippen molar-refractivity contribution >= 4 is 12.4 Å². The van der Waals surface area contributed by atoms with Gasteiger partial charge in [-0.3, -0.25) is 0 Å². The fraction of sp³-hybridized carbons (Fsp3) is 0.333. The minimum Gasteiger partial charge on any atom is -0.444 e. The van der Waals surface area contributed by atoms with E-state index in [1.54, 1.807) is 0 Å². The highest BCUT2D eigenvalue weighted by molar-refractivity contribution is 5.70. The first kappa shape index (κ1) is 32.1. The van der Waals surface area contributed by atoms with Gasteiger partial charge in [0.1, 0.15) is 12.9 Å². The van der Waals surface area contributed by atoms with Crippen LogP contribution < -0.4 is 0 Å². The number of hydrogen-bond acceptors (Lipinski definition) is 5. The van der Waals surface area contributed by atoms with E-state index in [1.807, 2.05) is 54.5 Å². The van der Waals surface area contributed by atoms with Crippen LogP contribution in [0.15, 0.2) is 121 Å². The molecule has 4 aromatic carbocycles. The highest BCUT2D eigenvalue weighted by Crippen LogP contribution is 2.38. The van der Waals surface area contributed by atoms with Crippen molar-refractivity contribution in [1.29, 1.82) is 0 Å². The second-order valence-electron chi connectivity index (χ2n) is 12.0. The van der Waals surface area contributed by atoms with Crippen LogP contribution in [0.25, 0.3) is 0 Å². The Morgan fingerprint density at radius 1 is 0.822 bits per heavy atom. The zero-order valence-corrected chi connectivity index (χ0v) is 26.3. The van der Waals surface area contributed by atoms with Gasteiger partial charge in [-0.2, -0.15) is 0 Å². The van der Waals surface area contributed by atoms with E-state index >= 15 is 0 Å². The first-order valence-corrected chi connectivity index (χ1v) is 16.1. The SMILES string of the molecule is CN(CC(CCCN1CCC(c2ccccc2)CC1)(c1ccccc1)c1ccccc1)N(CC=O)C(=O)OCc1ccccc1. The normalized spacial score (nSPS) is 14.3. The molecule has 0 N–H and O–H groups in total. The summed E-state index contributed by atoms with van der Waals surface area (Å²) in [4.78, 5) is 27.7. The van der Waals surface area contributed by atoms with Gasteiger partial charge in [0, 0.05) is 19.0 Å². The highest BCUT2D eigenvalue weighted by atomic mass is 16.6. The first-order valence-electron chi connectivity index (χ1n) is 16.1. The summed E-state index contributed by atoms with van der Waals surface area (Å²) in [7, 11) is 1.88. The summed E-state index contributed by atoms with van der Waals surface area (Å²) < 4.78 is 5.67. The van der Waals surface area contributed by atoms with Crippen LogP contribution in [0.5, 0.6) is 0 Å². The minimum absolute atomic E-state index is 0.0832. The van der Waals surface area contributed by atoms with Gasteiger partial charge in [0.25, 0.3) is 0 Å². The third-order valence-electron chi connectivity index (χ3n) is 9.16. The van der Waals surface area contributed by atoms with Crippen LogP contribution in [0.3, 0.4) is 0 Å². The quantitative estimate of drug-likeness (QED) is 0.112. The van der Waals surface area contributed by atoms with Crippen LogP contribution in [0.1, 0.15) is 53.9 Å². The van der Waals surface area contributed by atoms with Crippen LogP contribution >= 0.6 is 0 Å². The van der Waals surface area contributed by atoms with Crippen molar-refractivity contribution in [3.8, 4) is 0 Å². The van der Waals surface area contributed by atoms with Crippen molar-refractivity contribution in [3.05, 3.63) is 144 Å². The molecule has 0 bridgehead atoms. The molecule has 6 heteroatoms. The molecule has 6 nitrogen and oxygen atoms in total. The van der Waals surface area contributed by atoms with Gasteiger partial charge < -0.3 is 14.4 Å².